The van der Waals surface area contributed by atoms with Crippen molar-refractivity contribution in [2.45, 2.75) is 57.1 Å². The molecule has 2 aliphatic rings. The molecule has 10 heteroatoms. The van der Waals surface area contributed by atoms with E-state index in [-0.39, 0.29) is 36.7 Å². The number of allylic oxidation sites excluding steroid dienone is 2. The van der Waals surface area contributed by atoms with Crippen LogP contribution < -0.4 is 4.74 Å². The number of nitrogens with zero attached hydrogens (tertiary/aromatic N) is 2. The molecule has 1 saturated heterocycles. The zero-order valence-corrected chi connectivity index (χ0v) is 23.8. The van der Waals surface area contributed by atoms with Gasteiger partial charge in [-0.3, -0.25) is 14.2 Å². The fraction of sp³-hybridized carbons (Fsp3) is 0.517. The van der Waals surface area contributed by atoms with Crippen molar-refractivity contribution in [1.29, 1.82) is 0 Å². The molecule has 1 N–H and O–H groups in total. The minimum atomic E-state index is -3.38. The second-order valence-electron chi connectivity index (χ2n) is 10.8. The average molecular weight is 566 g/mol. The van der Waals surface area contributed by atoms with E-state index in [9.17, 15) is 12.8 Å². The number of hydrogen-bond acceptors (Lipinski definition) is 5. The topological polar surface area (TPSA) is 65.6 Å². The molecule has 6 nitrogen and oxygen atoms in total. The van der Waals surface area contributed by atoms with E-state index in [1.54, 1.807) is 13.0 Å². The average Bonchev–Trinajstić information content (AvgIpc) is 3.13. The summed E-state index contributed by atoms with van der Waals surface area (Å²) >= 11 is 0. The minimum Gasteiger partial charge on any atom is -0.488 e. The molecule has 0 bridgehead atoms. The van der Waals surface area contributed by atoms with Crippen LogP contribution in [0.2, 0.25) is 0 Å². The molecule has 0 spiro atoms. The quantitative estimate of drug-likeness (QED) is 0.389. The van der Waals surface area contributed by atoms with Gasteiger partial charge in [0.1, 0.15) is 23.5 Å². The lowest BCUT2D eigenvalue weighted by Gasteiger charge is -2.42. The lowest BCUT2D eigenvalue weighted by Crippen LogP contribution is -2.53. The maximum absolute atomic E-state index is 15.8. The molecule has 4 rings (SSSR count). The number of H-pyrrole nitrogens is 1. The molecule has 3 atom stereocenters. The van der Waals surface area contributed by atoms with Crippen molar-refractivity contribution in [3.63, 3.8) is 0 Å². The highest BCUT2D eigenvalue weighted by Gasteiger charge is 2.40. The third-order valence-electron chi connectivity index (χ3n) is 7.81. The number of aromatic amines is 1. The summed E-state index contributed by atoms with van der Waals surface area (Å²) in [6, 6.07) is 1.37. The van der Waals surface area contributed by atoms with Crippen LogP contribution in [0.3, 0.4) is 0 Å². The van der Waals surface area contributed by atoms with E-state index in [1.165, 1.54) is 18.4 Å². The normalized spacial score (nSPS) is 21.6. The fourth-order valence-corrected chi connectivity index (χ4v) is 6.01. The number of likely N-dealkylation sites (tertiary alicyclic amines) is 1. The molecule has 0 aliphatic carbocycles. The number of halogens is 3. The van der Waals surface area contributed by atoms with Gasteiger partial charge in [0.25, 0.3) is 0 Å². The van der Waals surface area contributed by atoms with Gasteiger partial charge in [0.2, 0.25) is 0 Å². The number of benzene rings is 1. The second-order valence-corrected chi connectivity index (χ2v) is 13.2. The maximum Gasteiger partial charge on any atom is 0.151 e. The Kier molecular flexibility index (Phi) is 8.98. The van der Waals surface area contributed by atoms with Crippen LogP contribution in [0.25, 0.3) is 6.08 Å². The first-order chi connectivity index (χ1) is 18.4. The number of fused-ring (bicyclic) bond motifs is 1. The first-order valence-corrected chi connectivity index (χ1v) is 15.3. The summed E-state index contributed by atoms with van der Waals surface area (Å²) in [5.41, 5.74) is 3.27. The molecule has 0 radical (unpaired) electrons. The molecule has 1 aromatic carbocycles. The molecule has 1 aromatic heterocycles. The van der Waals surface area contributed by atoms with Crippen LogP contribution >= 0.6 is 0 Å². The van der Waals surface area contributed by atoms with E-state index in [0.717, 1.165) is 16.8 Å². The molecule has 0 saturated carbocycles. The Hall–Kier alpha value is -2.56. The van der Waals surface area contributed by atoms with Crippen molar-refractivity contribution in [1.82, 2.24) is 14.8 Å². The Balaban J connectivity index is 1.72. The Morgan fingerprint density at radius 1 is 1.26 bits per heavy atom. The molecule has 1 unspecified atom stereocenters. The monoisotopic (exact) mass is 565 g/mol. The van der Waals surface area contributed by atoms with E-state index < -0.39 is 32.8 Å². The Labute approximate surface area is 229 Å². The summed E-state index contributed by atoms with van der Waals surface area (Å²) in [4.78, 5) is 7.26. The van der Waals surface area contributed by atoms with E-state index in [1.807, 2.05) is 35.8 Å². The summed E-state index contributed by atoms with van der Waals surface area (Å²) in [7, 11) is -3.38. The Morgan fingerprint density at radius 3 is 2.51 bits per heavy atom. The van der Waals surface area contributed by atoms with E-state index >= 15 is 8.78 Å². The van der Waals surface area contributed by atoms with Gasteiger partial charge >= 0.3 is 0 Å². The predicted molar refractivity (Wildman–Crippen MR) is 149 cm³/mol. The van der Waals surface area contributed by atoms with Gasteiger partial charge in [0, 0.05) is 67.6 Å². The third-order valence-corrected chi connectivity index (χ3v) is 9.42. The van der Waals surface area contributed by atoms with Crippen molar-refractivity contribution in [2.24, 2.45) is 0 Å². The summed E-state index contributed by atoms with van der Waals surface area (Å²) in [5.74, 6) is -1.41. The molecule has 0 amide bonds. The van der Waals surface area contributed by atoms with Gasteiger partial charge in [-0.25, -0.2) is 17.2 Å². The molecule has 39 heavy (non-hydrogen) atoms. The lowest BCUT2D eigenvalue weighted by atomic mass is 9.87. The number of hydrogen-bond donors (Lipinski definition) is 1. The molecule has 1 fully saturated rings. The van der Waals surface area contributed by atoms with Gasteiger partial charge in [-0.1, -0.05) is 24.8 Å². The first kappa shape index (κ1) is 29.4. The molecule has 2 aromatic rings. The van der Waals surface area contributed by atoms with Crippen molar-refractivity contribution in [3.05, 3.63) is 70.6 Å². The summed E-state index contributed by atoms with van der Waals surface area (Å²) < 4.78 is 74.6. The molecule has 3 heterocycles. The number of alkyl halides is 1. The third kappa shape index (κ3) is 6.28. The fourth-order valence-electron chi connectivity index (χ4n) is 5.57. The molecular formula is C29H38F3N3O3S. The van der Waals surface area contributed by atoms with E-state index in [0.29, 0.717) is 38.2 Å². The van der Waals surface area contributed by atoms with Crippen LogP contribution in [-0.4, -0.2) is 79.7 Å². The molecular weight excluding hydrogens is 527 g/mol. The van der Waals surface area contributed by atoms with Crippen LogP contribution in [0, 0.1) is 18.6 Å². The number of rotatable bonds is 11. The number of ether oxygens (including phenoxy) is 1. The SMILES string of the molecule is C=C/C=C\c1c(C)[nH]c2c1C[C@@H](C)N(CC(C)S(C)(=O)=O)[C@@H]2c1c(F)cc(OC2CN(CCCF)C2)cc1F. The van der Waals surface area contributed by atoms with Crippen molar-refractivity contribution < 1.29 is 26.3 Å². The second kappa shape index (κ2) is 11.9. The molecule has 214 valence electrons. The standard InChI is InChI=1S/C29H38F3N3O3S/c1-6-7-9-23-20(4)33-28-24(23)12-18(2)35(15-19(3)39(5,36)37)29(28)27-25(31)13-21(14-26(27)32)38-22-16-34(17-22)11-8-10-30/h6-7,9,13-14,18-19,22,29,33H,1,8,10-12,15-17H2,2-5H3/b9-7-/t18-,19?,29-/m1/s1. The summed E-state index contributed by atoms with van der Waals surface area (Å²) in [6.07, 6.45) is 7.42. The van der Waals surface area contributed by atoms with Crippen LogP contribution in [0.1, 0.15) is 54.4 Å². The van der Waals surface area contributed by atoms with Gasteiger partial charge in [0.15, 0.2) is 9.84 Å². The highest BCUT2D eigenvalue weighted by molar-refractivity contribution is 7.91. The van der Waals surface area contributed by atoms with E-state index in [4.69, 9.17) is 4.74 Å². The number of nitrogens with one attached hydrogen (secondary N) is 1. The summed E-state index contributed by atoms with van der Waals surface area (Å²) in [6.45, 7) is 10.7. The maximum atomic E-state index is 15.8. The Morgan fingerprint density at radius 2 is 1.92 bits per heavy atom. The van der Waals surface area contributed by atoms with Gasteiger partial charge in [0.05, 0.1) is 18.0 Å². The van der Waals surface area contributed by atoms with E-state index in [2.05, 4.69) is 11.6 Å². The van der Waals surface area contributed by atoms with Gasteiger partial charge < -0.3 is 9.72 Å². The minimum absolute atomic E-state index is 0.0984. The van der Waals surface area contributed by atoms with Crippen LogP contribution in [0.4, 0.5) is 13.2 Å². The highest BCUT2D eigenvalue weighted by Crippen LogP contribution is 2.43. The lowest BCUT2D eigenvalue weighted by molar-refractivity contribution is 0.0180. The number of sulfone groups is 1. The zero-order chi connectivity index (χ0) is 28.5. The van der Waals surface area contributed by atoms with Crippen molar-refractivity contribution in [3.8, 4) is 5.75 Å². The Bertz CT molecular complexity index is 1310. The molecule has 2 aliphatic heterocycles. The van der Waals surface area contributed by atoms with Gasteiger partial charge in [-0.2, -0.15) is 0 Å². The smallest absolute Gasteiger partial charge is 0.151 e. The van der Waals surface area contributed by atoms with Crippen LogP contribution in [0.5, 0.6) is 5.75 Å². The summed E-state index contributed by atoms with van der Waals surface area (Å²) in [5, 5.41) is -0.729. The van der Waals surface area contributed by atoms with Crippen LogP contribution in [0.15, 0.2) is 30.9 Å². The largest absolute Gasteiger partial charge is 0.488 e. The predicted octanol–water partition coefficient (Wildman–Crippen LogP) is 4.99. The highest BCUT2D eigenvalue weighted by atomic mass is 32.2. The van der Waals surface area contributed by atoms with Crippen molar-refractivity contribution >= 4 is 15.9 Å². The van der Waals surface area contributed by atoms with Crippen molar-refractivity contribution in [2.75, 3.05) is 39.1 Å². The van der Waals surface area contributed by atoms with Gasteiger partial charge in [-0.15, -0.1) is 0 Å². The first-order valence-electron chi connectivity index (χ1n) is 13.3. The number of aromatic nitrogens is 1. The number of aryl methyl sites for hydroxylation is 1. The van der Waals surface area contributed by atoms with Crippen LogP contribution in [-0.2, 0) is 16.3 Å². The zero-order valence-electron chi connectivity index (χ0n) is 23.0. The van der Waals surface area contributed by atoms with Gasteiger partial charge in [-0.05, 0) is 44.7 Å².